The van der Waals surface area contributed by atoms with Crippen LogP contribution in [0, 0.1) is 5.82 Å². The molecule has 1 aromatic carbocycles. The van der Waals surface area contributed by atoms with Crippen molar-refractivity contribution in [3.8, 4) is 0 Å². The van der Waals surface area contributed by atoms with Crippen molar-refractivity contribution in [2.45, 2.75) is 4.83 Å². The maximum absolute atomic E-state index is 13.8. The molecule has 0 radical (unpaired) electrons. The lowest BCUT2D eigenvalue weighted by Gasteiger charge is -2.11. The number of hydrogen-bond acceptors (Lipinski definition) is 1. The average Bonchev–Trinajstić information content (AvgIpc) is 2.59. The van der Waals surface area contributed by atoms with Gasteiger partial charge in [0, 0.05) is 19.4 Å². The van der Waals surface area contributed by atoms with E-state index < -0.39 is 0 Å². The van der Waals surface area contributed by atoms with Gasteiger partial charge in [-0.25, -0.2) is 4.39 Å². The van der Waals surface area contributed by atoms with Crippen LogP contribution in [0.2, 0.25) is 4.34 Å². The van der Waals surface area contributed by atoms with Crippen molar-refractivity contribution in [2.75, 3.05) is 0 Å². The number of alkyl halides is 1. The summed E-state index contributed by atoms with van der Waals surface area (Å²) in [6.45, 7) is 0. The predicted molar refractivity (Wildman–Crippen MR) is 81.9 cm³/mol. The van der Waals surface area contributed by atoms with Gasteiger partial charge < -0.3 is 0 Å². The molecule has 0 nitrogen and oxygen atoms in total. The number of thiophene rings is 1. The minimum atomic E-state index is -0.248. The largest absolute Gasteiger partial charge is 0.207 e. The van der Waals surface area contributed by atoms with Gasteiger partial charge in [0.25, 0.3) is 0 Å². The Labute approximate surface area is 133 Å². The van der Waals surface area contributed by atoms with Crippen molar-refractivity contribution >= 4 is 70.7 Å². The van der Waals surface area contributed by atoms with Crippen LogP contribution in [-0.4, -0.2) is 0 Å². The molecule has 2 aromatic rings. The second-order valence-electron chi connectivity index (χ2n) is 3.27. The fourth-order valence-electron chi connectivity index (χ4n) is 1.38. The second kappa shape index (κ2) is 5.70. The standard InChI is InChI=1S/C11H5Br3ClFS/c12-5-2-1-3-7(16)9(5)10(14)8-4-6(13)11(15)17-8/h1-4,10H. The van der Waals surface area contributed by atoms with Gasteiger partial charge in [0.05, 0.1) is 4.83 Å². The average molecular weight is 463 g/mol. The van der Waals surface area contributed by atoms with E-state index in [0.29, 0.717) is 9.90 Å². The highest BCUT2D eigenvalue weighted by Crippen LogP contribution is 2.43. The monoisotopic (exact) mass is 460 g/mol. The molecule has 0 saturated heterocycles. The maximum atomic E-state index is 13.8. The van der Waals surface area contributed by atoms with Gasteiger partial charge in [-0.3, -0.25) is 0 Å². The number of hydrogen-bond donors (Lipinski definition) is 0. The molecule has 1 atom stereocenters. The van der Waals surface area contributed by atoms with E-state index >= 15 is 0 Å². The quantitative estimate of drug-likeness (QED) is 0.443. The Hall–Kier alpha value is 0.580. The van der Waals surface area contributed by atoms with E-state index in [1.54, 1.807) is 6.07 Å². The van der Waals surface area contributed by atoms with Crippen molar-refractivity contribution in [2.24, 2.45) is 0 Å². The van der Waals surface area contributed by atoms with Crippen molar-refractivity contribution < 1.29 is 4.39 Å². The molecular formula is C11H5Br3ClFS. The summed E-state index contributed by atoms with van der Waals surface area (Å²) < 4.78 is 16.0. The van der Waals surface area contributed by atoms with Crippen LogP contribution in [0.25, 0.3) is 0 Å². The molecule has 0 saturated carbocycles. The Bertz CT molecular complexity index is 516. The summed E-state index contributed by atoms with van der Waals surface area (Å²) in [5.41, 5.74) is 0.581. The van der Waals surface area contributed by atoms with Crippen LogP contribution < -0.4 is 0 Å². The van der Waals surface area contributed by atoms with Gasteiger partial charge in [-0.15, -0.1) is 11.3 Å². The molecule has 1 heterocycles. The Kier molecular flexibility index (Phi) is 4.69. The van der Waals surface area contributed by atoms with Gasteiger partial charge in [0.2, 0.25) is 0 Å². The zero-order chi connectivity index (χ0) is 12.6. The zero-order valence-electron chi connectivity index (χ0n) is 8.18. The first kappa shape index (κ1) is 14.0. The fraction of sp³-hybridized carbons (Fsp3) is 0.0909. The summed E-state index contributed by atoms with van der Waals surface area (Å²) in [7, 11) is 0. The van der Waals surface area contributed by atoms with E-state index in [1.807, 2.05) is 12.1 Å². The molecule has 0 bridgehead atoms. The minimum Gasteiger partial charge on any atom is -0.207 e. The van der Waals surface area contributed by atoms with E-state index in [-0.39, 0.29) is 10.6 Å². The second-order valence-corrected chi connectivity index (χ2v) is 7.58. The van der Waals surface area contributed by atoms with E-state index in [9.17, 15) is 4.39 Å². The molecule has 0 N–H and O–H groups in total. The van der Waals surface area contributed by atoms with Crippen LogP contribution in [0.4, 0.5) is 4.39 Å². The minimum absolute atomic E-state index is 0.216. The predicted octanol–water partition coefficient (Wildman–Crippen LogP) is 6.55. The normalized spacial score (nSPS) is 12.8. The molecule has 1 unspecified atom stereocenters. The third-order valence-corrected chi connectivity index (χ3v) is 6.65. The highest BCUT2D eigenvalue weighted by molar-refractivity contribution is 9.11. The van der Waals surface area contributed by atoms with Crippen LogP contribution in [-0.2, 0) is 0 Å². The lowest BCUT2D eigenvalue weighted by atomic mass is 10.1. The molecule has 0 aliphatic heterocycles. The zero-order valence-corrected chi connectivity index (χ0v) is 14.5. The van der Waals surface area contributed by atoms with Crippen LogP contribution in [0.3, 0.4) is 0 Å². The number of rotatable bonds is 2. The van der Waals surface area contributed by atoms with Crippen molar-refractivity contribution in [1.82, 2.24) is 0 Å². The lowest BCUT2D eigenvalue weighted by Crippen LogP contribution is -1.95. The smallest absolute Gasteiger partial charge is 0.129 e. The molecule has 17 heavy (non-hydrogen) atoms. The molecule has 6 heteroatoms. The third-order valence-electron chi connectivity index (χ3n) is 2.17. The highest BCUT2D eigenvalue weighted by atomic mass is 79.9. The summed E-state index contributed by atoms with van der Waals surface area (Å²) in [5.74, 6) is -0.248. The van der Waals surface area contributed by atoms with Crippen molar-refractivity contribution in [3.63, 3.8) is 0 Å². The summed E-state index contributed by atoms with van der Waals surface area (Å²) in [4.78, 5) is 0.736. The molecule has 90 valence electrons. The molecule has 1 aromatic heterocycles. The lowest BCUT2D eigenvalue weighted by molar-refractivity contribution is 0.612. The Morgan fingerprint density at radius 3 is 2.47 bits per heavy atom. The molecule has 0 aliphatic rings. The third kappa shape index (κ3) is 2.95. The van der Waals surface area contributed by atoms with Gasteiger partial charge in [-0.2, -0.15) is 0 Å². The van der Waals surface area contributed by atoms with Gasteiger partial charge >= 0.3 is 0 Å². The topological polar surface area (TPSA) is 0 Å². The SMILES string of the molecule is Fc1cccc(Br)c1C(Br)c1cc(Br)c(Cl)s1. The van der Waals surface area contributed by atoms with Crippen LogP contribution in [0.5, 0.6) is 0 Å². The fourth-order valence-corrected chi connectivity index (χ4v) is 4.86. The van der Waals surface area contributed by atoms with Crippen LogP contribution in [0.1, 0.15) is 15.3 Å². The summed E-state index contributed by atoms with van der Waals surface area (Å²) in [5, 5.41) is 0. The van der Waals surface area contributed by atoms with Gasteiger partial charge in [-0.1, -0.05) is 49.5 Å². The summed E-state index contributed by atoms with van der Waals surface area (Å²) >= 11 is 17.6. The molecule has 0 fully saturated rings. The van der Waals surface area contributed by atoms with E-state index in [2.05, 4.69) is 47.8 Å². The number of benzene rings is 1. The summed E-state index contributed by atoms with van der Waals surface area (Å²) in [6.07, 6.45) is 0. The number of halogens is 5. The van der Waals surface area contributed by atoms with E-state index in [1.165, 1.54) is 17.4 Å². The highest BCUT2D eigenvalue weighted by Gasteiger charge is 2.20. The Balaban J connectivity index is 2.47. The first-order valence-electron chi connectivity index (χ1n) is 4.53. The van der Waals surface area contributed by atoms with Crippen LogP contribution in [0.15, 0.2) is 33.2 Å². The van der Waals surface area contributed by atoms with Crippen molar-refractivity contribution in [3.05, 3.63) is 53.8 Å². The van der Waals surface area contributed by atoms with Crippen molar-refractivity contribution in [1.29, 1.82) is 0 Å². The molecule has 0 spiro atoms. The van der Waals surface area contributed by atoms with Gasteiger partial charge in [0.1, 0.15) is 10.2 Å². The Morgan fingerprint density at radius 1 is 1.24 bits per heavy atom. The summed E-state index contributed by atoms with van der Waals surface area (Å²) in [6, 6.07) is 6.82. The van der Waals surface area contributed by atoms with E-state index in [4.69, 9.17) is 11.6 Å². The Morgan fingerprint density at radius 2 is 1.94 bits per heavy atom. The van der Waals surface area contributed by atoms with Gasteiger partial charge in [0.15, 0.2) is 0 Å². The molecular weight excluding hydrogens is 458 g/mol. The molecule has 2 rings (SSSR count). The first-order valence-corrected chi connectivity index (χ1v) is 8.23. The maximum Gasteiger partial charge on any atom is 0.129 e. The molecule has 0 amide bonds. The van der Waals surface area contributed by atoms with Crippen LogP contribution >= 0.6 is 70.7 Å². The van der Waals surface area contributed by atoms with Gasteiger partial charge in [-0.05, 0) is 34.1 Å². The van der Waals surface area contributed by atoms with E-state index in [0.717, 1.165) is 13.8 Å². The molecule has 0 aliphatic carbocycles. The first-order chi connectivity index (χ1) is 8.00.